The molecule has 98 valence electrons. The van der Waals surface area contributed by atoms with Crippen molar-refractivity contribution in [2.75, 3.05) is 0 Å². The van der Waals surface area contributed by atoms with Crippen LogP contribution in [0.1, 0.15) is 25.2 Å². The maximum Gasteiger partial charge on any atom is 0.344 e. The van der Waals surface area contributed by atoms with Gasteiger partial charge in [-0.25, -0.2) is 4.79 Å². The highest BCUT2D eigenvalue weighted by atomic mass is 35.5. The fraction of sp³-hybridized carbons (Fsp3) is 0.188. The Morgan fingerprint density at radius 1 is 1.21 bits per heavy atom. The van der Waals surface area contributed by atoms with Crippen molar-refractivity contribution in [2.45, 2.75) is 20.8 Å². The van der Waals surface area contributed by atoms with Crippen molar-refractivity contribution in [1.29, 1.82) is 0 Å². The second-order valence-corrected chi connectivity index (χ2v) is 5.16. The van der Waals surface area contributed by atoms with Crippen LogP contribution >= 0.6 is 11.6 Å². The number of hydrogen-bond donors (Lipinski definition) is 0. The number of allylic oxidation sites excluding steroid dienone is 1. The molecule has 2 aromatic rings. The van der Waals surface area contributed by atoms with Crippen LogP contribution in [-0.2, 0) is 0 Å². The van der Waals surface area contributed by atoms with E-state index in [0.29, 0.717) is 16.3 Å². The van der Waals surface area contributed by atoms with Gasteiger partial charge in [-0.2, -0.15) is 0 Å². The van der Waals surface area contributed by atoms with Gasteiger partial charge >= 0.3 is 5.63 Å². The molecule has 1 aromatic heterocycles. The highest BCUT2D eigenvalue weighted by Crippen LogP contribution is 2.23. The van der Waals surface area contributed by atoms with Crippen molar-refractivity contribution in [3.05, 3.63) is 62.7 Å². The average Bonchev–Trinajstić information content (AvgIpc) is 2.29. The van der Waals surface area contributed by atoms with E-state index in [9.17, 15) is 4.79 Å². The van der Waals surface area contributed by atoms with Gasteiger partial charge in [0, 0.05) is 5.02 Å². The lowest BCUT2D eigenvalue weighted by molar-refractivity contribution is 0.502. The van der Waals surface area contributed by atoms with Gasteiger partial charge in [-0.15, -0.1) is 0 Å². The zero-order valence-corrected chi connectivity index (χ0v) is 11.9. The van der Waals surface area contributed by atoms with E-state index in [1.165, 1.54) is 0 Å². The number of halogens is 1. The molecule has 0 fully saturated rings. The fourth-order valence-electron chi connectivity index (χ4n) is 1.95. The summed E-state index contributed by atoms with van der Waals surface area (Å²) in [6.45, 7) is 5.83. The molecular formula is C16H15ClO2. The number of hydrogen-bond acceptors (Lipinski definition) is 2. The smallest absolute Gasteiger partial charge is 0.344 e. The quantitative estimate of drug-likeness (QED) is 0.795. The van der Waals surface area contributed by atoms with Crippen molar-refractivity contribution in [1.82, 2.24) is 0 Å². The van der Waals surface area contributed by atoms with Crippen LogP contribution in [-0.4, -0.2) is 0 Å². The lowest BCUT2D eigenvalue weighted by Crippen LogP contribution is -2.06. The van der Waals surface area contributed by atoms with E-state index in [1.54, 1.807) is 12.1 Å². The summed E-state index contributed by atoms with van der Waals surface area (Å²) in [7, 11) is 0. The standard InChI is InChI=1S/C16H15ClO2/c1-10(2)8-14-9-11(3)15(16(18)19-14)12-4-6-13(17)7-5-12/h4-9H,1-3H3. The van der Waals surface area contributed by atoms with Crippen molar-refractivity contribution in [3.63, 3.8) is 0 Å². The molecule has 0 bridgehead atoms. The van der Waals surface area contributed by atoms with Crippen molar-refractivity contribution in [2.24, 2.45) is 0 Å². The maximum atomic E-state index is 12.1. The Morgan fingerprint density at radius 3 is 2.37 bits per heavy atom. The van der Waals surface area contributed by atoms with Gasteiger partial charge in [0.25, 0.3) is 0 Å². The number of aryl methyl sites for hydroxylation is 1. The summed E-state index contributed by atoms with van der Waals surface area (Å²) in [5.74, 6) is 0.584. The topological polar surface area (TPSA) is 30.2 Å². The molecule has 0 atom stereocenters. The van der Waals surface area contributed by atoms with Gasteiger partial charge < -0.3 is 4.42 Å². The van der Waals surface area contributed by atoms with Gasteiger partial charge in [0.1, 0.15) is 5.76 Å². The summed E-state index contributed by atoms with van der Waals surface area (Å²) in [5, 5.41) is 0.645. The molecular weight excluding hydrogens is 260 g/mol. The molecule has 1 aromatic carbocycles. The highest BCUT2D eigenvalue weighted by Gasteiger charge is 2.10. The van der Waals surface area contributed by atoms with Crippen LogP contribution in [0.3, 0.4) is 0 Å². The van der Waals surface area contributed by atoms with Crippen LogP contribution in [0.4, 0.5) is 0 Å². The first kappa shape index (κ1) is 13.6. The molecule has 2 nitrogen and oxygen atoms in total. The van der Waals surface area contributed by atoms with E-state index in [1.807, 2.05) is 45.0 Å². The first-order chi connectivity index (χ1) is 8.97. The molecule has 0 amide bonds. The fourth-order valence-corrected chi connectivity index (χ4v) is 2.08. The maximum absolute atomic E-state index is 12.1. The van der Waals surface area contributed by atoms with Crippen LogP contribution in [0.2, 0.25) is 5.02 Å². The van der Waals surface area contributed by atoms with Gasteiger partial charge in [-0.3, -0.25) is 0 Å². The van der Waals surface area contributed by atoms with E-state index in [2.05, 4.69) is 0 Å². The third-order valence-corrected chi connectivity index (χ3v) is 2.98. The van der Waals surface area contributed by atoms with E-state index in [4.69, 9.17) is 16.0 Å². The Bertz CT molecular complexity index is 675. The minimum atomic E-state index is -0.324. The largest absolute Gasteiger partial charge is 0.423 e. The second-order valence-electron chi connectivity index (χ2n) is 4.72. The lowest BCUT2D eigenvalue weighted by Gasteiger charge is -2.05. The predicted molar refractivity (Wildman–Crippen MR) is 79.5 cm³/mol. The summed E-state index contributed by atoms with van der Waals surface area (Å²) in [6.07, 6.45) is 1.85. The minimum Gasteiger partial charge on any atom is -0.423 e. The predicted octanol–water partition coefficient (Wildman–Crippen LogP) is 4.69. The van der Waals surface area contributed by atoms with Crippen LogP contribution < -0.4 is 5.63 Å². The molecule has 0 aliphatic rings. The van der Waals surface area contributed by atoms with E-state index >= 15 is 0 Å². The van der Waals surface area contributed by atoms with Gasteiger partial charge in [-0.05, 0) is 56.2 Å². The SMILES string of the molecule is CC(C)=Cc1cc(C)c(-c2ccc(Cl)cc2)c(=O)o1. The van der Waals surface area contributed by atoms with Crippen LogP contribution in [0, 0.1) is 6.92 Å². The summed E-state index contributed by atoms with van der Waals surface area (Å²) in [4.78, 5) is 12.1. The van der Waals surface area contributed by atoms with Gasteiger partial charge in [0.15, 0.2) is 0 Å². The Balaban J connectivity index is 2.57. The van der Waals surface area contributed by atoms with Crippen molar-refractivity contribution < 1.29 is 4.42 Å². The third-order valence-electron chi connectivity index (χ3n) is 2.73. The molecule has 0 aliphatic heterocycles. The van der Waals surface area contributed by atoms with E-state index < -0.39 is 0 Å². The highest BCUT2D eigenvalue weighted by molar-refractivity contribution is 6.30. The number of benzene rings is 1. The Kier molecular flexibility index (Phi) is 3.91. The summed E-state index contributed by atoms with van der Waals surface area (Å²) >= 11 is 5.85. The second kappa shape index (κ2) is 5.45. The number of rotatable bonds is 2. The normalized spacial score (nSPS) is 10.3. The van der Waals surface area contributed by atoms with E-state index in [-0.39, 0.29) is 5.63 Å². The third kappa shape index (κ3) is 3.15. The van der Waals surface area contributed by atoms with E-state index in [0.717, 1.165) is 16.7 Å². The molecule has 0 unspecified atom stereocenters. The molecule has 1 heterocycles. The molecule has 3 heteroatoms. The Morgan fingerprint density at radius 2 is 1.84 bits per heavy atom. The summed E-state index contributed by atoms with van der Waals surface area (Å²) in [5.41, 5.74) is 3.06. The minimum absolute atomic E-state index is 0.324. The van der Waals surface area contributed by atoms with Gasteiger partial charge in [-0.1, -0.05) is 29.3 Å². The molecule has 0 spiro atoms. The zero-order chi connectivity index (χ0) is 14.0. The monoisotopic (exact) mass is 274 g/mol. The molecule has 0 saturated heterocycles. The first-order valence-corrected chi connectivity index (χ1v) is 6.41. The molecule has 19 heavy (non-hydrogen) atoms. The van der Waals surface area contributed by atoms with Gasteiger partial charge in [0.2, 0.25) is 0 Å². The molecule has 2 rings (SSSR count). The van der Waals surface area contributed by atoms with Crippen LogP contribution in [0.5, 0.6) is 0 Å². The summed E-state index contributed by atoms with van der Waals surface area (Å²) in [6, 6.07) is 9.04. The van der Waals surface area contributed by atoms with Crippen LogP contribution in [0.15, 0.2) is 45.1 Å². The Labute approximate surface area is 117 Å². The molecule has 0 radical (unpaired) electrons. The van der Waals surface area contributed by atoms with Crippen molar-refractivity contribution in [3.8, 4) is 11.1 Å². The molecule has 0 aliphatic carbocycles. The molecule has 0 saturated carbocycles. The van der Waals surface area contributed by atoms with Crippen molar-refractivity contribution >= 4 is 17.7 Å². The average molecular weight is 275 g/mol. The first-order valence-electron chi connectivity index (χ1n) is 6.03. The Hall–Kier alpha value is -1.80. The summed E-state index contributed by atoms with van der Waals surface area (Å²) < 4.78 is 5.32. The van der Waals surface area contributed by atoms with Crippen LogP contribution in [0.25, 0.3) is 17.2 Å². The molecule has 0 N–H and O–H groups in total. The zero-order valence-electron chi connectivity index (χ0n) is 11.2. The van der Waals surface area contributed by atoms with Gasteiger partial charge in [0.05, 0.1) is 5.56 Å². The lowest BCUT2D eigenvalue weighted by atomic mass is 10.0.